The maximum absolute atomic E-state index is 12.5. The van der Waals surface area contributed by atoms with Crippen molar-refractivity contribution in [2.24, 2.45) is 5.73 Å². The molecule has 0 saturated heterocycles. The Morgan fingerprint density at radius 1 is 1.00 bits per heavy atom. The molecule has 0 aliphatic heterocycles. The molecule has 4 N–H and O–H groups in total. The van der Waals surface area contributed by atoms with Crippen LogP contribution in [0.25, 0.3) is 0 Å². The number of nitrogens with two attached hydrogens (primary N) is 2. The van der Waals surface area contributed by atoms with Gasteiger partial charge in [0.2, 0.25) is 5.91 Å². The average Bonchev–Trinajstić information content (AvgIpc) is 2.47. The topological polar surface area (TPSA) is 86.2 Å². The van der Waals surface area contributed by atoms with Crippen molar-refractivity contribution in [2.45, 2.75) is 12.6 Å². The lowest BCUT2D eigenvalue weighted by Crippen LogP contribution is -2.16. The van der Waals surface area contributed by atoms with E-state index < -0.39 is 23.4 Å². The van der Waals surface area contributed by atoms with Crippen LogP contribution in [-0.4, -0.2) is 11.7 Å². The van der Waals surface area contributed by atoms with Crippen LogP contribution < -0.4 is 11.5 Å². The molecule has 0 aromatic heterocycles. The van der Waals surface area contributed by atoms with Gasteiger partial charge >= 0.3 is 6.18 Å². The highest BCUT2D eigenvalue weighted by Gasteiger charge is 2.30. The Kier molecular flexibility index (Phi) is 4.40. The summed E-state index contributed by atoms with van der Waals surface area (Å²) in [5.41, 5.74) is 10.8. The number of anilines is 1. The summed E-state index contributed by atoms with van der Waals surface area (Å²) in [5.74, 6) is -1.13. The Morgan fingerprint density at radius 3 is 2.13 bits per heavy atom. The summed E-state index contributed by atoms with van der Waals surface area (Å²) in [7, 11) is 0. The first-order chi connectivity index (χ1) is 10.7. The molecule has 0 bridgehead atoms. The zero-order valence-corrected chi connectivity index (χ0v) is 11.9. The number of primary amides is 1. The molecular formula is C16H13F3N2O2. The SMILES string of the molecule is NC(=O)Cc1cccc(C(=O)c2ccc(C(F)(F)F)cc2)c1N. The number of nitrogen functional groups attached to an aromatic ring is 1. The number of hydrogen-bond donors (Lipinski definition) is 2. The first-order valence-corrected chi connectivity index (χ1v) is 6.58. The van der Waals surface area contributed by atoms with Gasteiger partial charge < -0.3 is 11.5 Å². The zero-order chi connectivity index (χ0) is 17.2. The monoisotopic (exact) mass is 322 g/mol. The molecule has 0 unspecified atom stereocenters. The molecule has 2 aromatic rings. The van der Waals surface area contributed by atoms with Crippen molar-refractivity contribution in [1.82, 2.24) is 0 Å². The molecule has 0 radical (unpaired) electrons. The third kappa shape index (κ3) is 3.68. The van der Waals surface area contributed by atoms with Crippen molar-refractivity contribution in [3.63, 3.8) is 0 Å². The Balaban J connectivity index is 2.36. The van der Waals surface area contributed by atoms with Gasteiger partial charge in [-0.3, -0.25) is 9.59 Å². The molecule has 0 heterocycles. The number of hydrogen-bond acceptors (Lipinski definition) is 3. The van der Waals surface area contributed by atoms with E-state index in [9.17, 15) is 22.8 Å². The Hall–Kier alpha value is -2.83. The van der Waals surface area contributed by atoms with Crippen molar-refractivity contribution in [2.75, 3.05) is 5.73 Å². The van der Waals surface area contributed by atoms with Gasteiger partial charge in [0, 0.05) is 16.8 Å². The minimum atomic E-state index is -4.47. The normalized spacial score (nSPS) is 11.3. The number of para-hydroxylation sites is 1. The lowest BCUT2D eigenvalue weighted by Gasteiger charge is -2.10. The van der Waals surface area contributed by atoms with E-state index in [2.05, 4.69) is 0 Å². The molecule has 1 amide bonds. The van der Waals surface area contributed by atoms with E-state index in [0.29, 0.717) is 5.56 Å². The number of carbonyl (C=O) groups is 2. The fourth-order valence-corrected chi connectivity index (χ4v) is 2.12. The van der Waals surface area contributed by atoms with Gasteiger partial charge in [-0.2, -0.15) is 13.2 Å². The van der Waals surface area contributed by atoms with E-state index in [-0.39, 0.29) is 23.2 Å². The number of halogens is 3. The van der Waals surface area contributed by atoms with Gasteiger partial charge in [-0.15, -0.1) is 0 Å². The van der Waals surface area contributed by atoms with E-state index in [4.69, 9.17) is 11.5 Å². The summed E-state index contributed by atoms with van der Waals surface area (Å²) in [6.07, 6.45) is -4.60. The number of amides is 1. The number of ketones is 1. The number of benzene rings is 2. The summed E-state index contributed by atoms with van der Waals surface area (Å²) in [6.45, 7) is 0. The van der Waals surface area contributed by atoms with Crippen molar-refractivity contribution in [3.8, 4) is 0 Å². The second-order valence-electron chi connectivity index (χ2n) is 4.93. The fraction of sp³-hybridized carbons (Fsp3) is 0.125. The van der Waals surface area contributed by atoms with Crippen molar-refractivity contribution >= 4 is 17.4 Å². The van der Waals surface area contributed by atoms with Crippen molar-refractivity contribution < 1.29 is 22.8 Å². The van der Waals surface area contributed by atoms with E-state index in [1.165, 1.54) is 12.1 Å². The van der Waals surface area contributed by atoms with Crippen molar-refractivity contribution in [1.29, 1.82) is 0 Å². The van der Waals surface area contributed by atoms with E-state index in [1.807, 2.05) is 0 Å². The third-order valence-electron chi connectivity index (χ3n) is 3.28. The summed E-state index contributed by atoms with van der Waals surface area (Å²) in [4.78, 5) is 23.4. The molecule has 0 fully saturated rings. The molecule has 120 valence electrons. The lowest BCUT2D eigenvalue weighted by molar-refractivity contribution is -0.137. The van der Waals surface area contributed by atoms with Crippen LogP contribution >= 0.6 is 0 Å². The first kappa shape index (κ1) is 16.5. The maximum Gasteiger partial charge on any atom is 0.416 e. The van der Waals surface area contributed by atoms with Gasteiger partial charge in [-0.1, -0.05) is 24.3 Å². The Morgan fingerprint density at radius 2 is 1.61 bits per heavy atom. The molecule has 7 heteroatoms. The highest BCUT2D eigenvalue weighted by atomic mass is 19.4. The summed E-state index contributed by atoms with van der Waals surface area (Å²) >= 11 is 0. The number of rotatable bonds is 4. The third-order valence-corrected chi connectivity index (χ3v) is 3.28. The number of carbonyl (C=O) groups excluding carboxylic acids is 2. The minimum absolute atomic E-state index is 0.0703. The van der Waals surface area contributed by atoms with Gasteiger partial charge in [0.25, 0.3) is 0 Å². The van der Waals surface area contributed by atoms with Crippen molar-refractivity contribution in [3.05, 3.63) is 64.7 Å². The van der Waals surface area contributed by atoms with Crippen LogP contribution in [0.4, 0.5) is 18.9 Å². The largest absolute Gasteiger partial charge is 0.416 e. The molecular weight excluding hydrogens is 309 g/mol. The maximum atomic E-state index is 12.5. The molecule has 2 aromatic carbocycles. The quantitative estimate of drug-likeness (QED) is 0.670. The molecule has 4 nitrogen and oxygen atoms in total. The number of alkyl halides is 3. The first-order valence-electron chi connectivity index (χ1n) is 6.58. The van der Waals surface area contributed by atoms with Crippen LogP contribution in [0.3, 0.4) is 0 Å². The van der Waals surface area contributed by atoms with Gasteiger partial charge in [0.1, 0.15) is 0 Å². The van der Waals surface area contributed by atoms with E-state index in [0.717, 1.165) is 24.3 Å². The molecule has 23 heavy (non-hydrogen) atoms. The molecule has 0 aliphatic rings. The highest BCUT2D eigenvalue weighted by Crippen LogP contribution is 2.30. The summed E-state index contributed by atoms with van der Waals surface area (Å²) < 4.78 is 37.6. The molecule has 0 aliphatic carbocycles. The lowest BCUT2D eigenvalue weighted by atomic mass is 9.97. The van der Waals surface area contributed by atoms with Gasteiger partial charge in [0.05, 0.1) is 12.0 Å². The predicted molar refractivity (Wildman–Crippen MR) is 78.6 cm³/mol. The van der Waals surface area contributed by atoms with Crippen LogP contribution in [0.5, 0.6) is 0 Å². The summed E-state index contributed by atoms with van der Waals surface area (Å²) in [5, 5.41) is 0. The van der Waals surface area contributed by atoms with Crippen LogP contribution in [0.1, 0.15) is 27.0 Å². The van der Waals surface area contributed by atoms with Gasteiger partial charge in [-0.05, 0) is 23.8 Å². The highest BCUT2D eigenvalue weighted by molar-refractivity contribution is 6.12. The second-order valence-corrected chi connectivity index (χ2v) is 4.93. The van der Waals surface area contributed by atoms with E-state index in [1.54, 1.807) is 6.07 Å². The van der Waals surface area contributed by atoms with Crippen LogP contribution in [0.15, 0.2) is 42.5 Å². The van der Waals surface area contributed by atoms with Gasteiger partial charge in [-0.25, -0.2) is 0 Å². The smallest absolute Gasteiger partial charge is 0.398 e. The summed E-state index contributed by atoms with van der Waals surface area (Å²) in [6, 6.07) is 8.37. The minimum Gasteiger partial charge on any atom is -0.398 e. The molecule has 0 saturated carbocycles. The zero-order valence-electron chi connectivity index (χ0n) is 11.9. The average molecular weight is 322 g/mol. The fourth-order valence-electron chi connectivity index (χ4n) is 2.12. The van der Waals surface area contributed by atoms with Crippen LogP contribution in [0.2, 0.25) is 0 Å². The Bertz CT molecular complexity index is 753. The predicted octanol–water partition coefficient (Wildman–Crippen LogP) is 2.55. The Labute approximate surface area is 129 Å². The molecule has 2 rings (SSSR count). The van der Waals surface area contributed by atoms with E-state index >= 15 is 0 Å². The van der Waals surface area contributed by atoms with Crippen LogP contribution in [-0.2, 0) is 17.4 Å². The standard InChI is InChI=1S/C16H13F3N2O2/c17-16(18,19)11-6-4-9(5-7-11)15(23)12-3-1-2-10(14(12)21)8-13(20)22/h1-7H,8,21H2,(H2,20,22). The van der Waals surface area contributed by atoms with Gasteiger partial charge in [0.15, 0.2) is 5.78 Å². The molecule has 0 spiro atoms. The van der Waals surface area contributed by atoms with Crippen LogP contribution in [0, 0.1) is 0 Å². The molecule has 0 atom stereocenters. The second kappa shape index (κ2) is 6.12.